The predicted octanol–water partition coefficient (Wildman–Crippen LogP) is 5.17. The van der Waals surface area contributed by atoms with E-state index in [2.05, 4.69) is 41.4 Å². The van der Waals surface area contributed by atoms with Gasteiger partial charge >= 0.3 is 0 Å². The van der Waals surface area contributed by atoms with Gasteiger partial charge in [0.1, 0.15) is 5.75 Å². The lowest BCUT2D eigenvalue weighted by Crippen LogP contribution is -2.38. The zero-order valence-corrected chi connectivity index (χ0v) is 18.5. The molecule has 0 saturated carbocycles. The molecule has 32 heavy (non-hydrogen) atoms. The van der Waals surface area contributed by atoms with E-state index < -0.39 is 0 Å². The smallest absolute Gasteiger partial charge is 0.251 e. The molecule has 1 amide bonds. The zero-order valence-electron chi connectivity index (χ0n) is 18.5. The number of fused-ring (bicyclic) bond motifs is 1. The summed E-state index contributed by atoms with van der Waals surface area (Å²) in [6.07, 6.45) is 5.89. The van der Waals surface area contributed by atoms with Gasteiger partial charge in [0.25, 0.3) is 5.91 Å². The minimum atomic E-state index is -0.0311. The third kappa shape index (κ3) is 5.45. The summed E-state index contributed by atoms with van der Waals surface area (Å²) in [5, 5.41) is 12.9. The van der Waals surface area contributed by atoms with E-state index >= 15 is 0 Å². The molecule has 164 valence electrons. The number of phenols is 1. The first-order valence-electron chi connectivity index (χ1n) is 11.2. The topological polar surface area (TPSA) is 52.6 Å². The number of hydrogen-bond donors (Lipinski definition) is 2. The van der Waals surface area contributed by atoms with E-state index in [1.165, 1.54) is 5.56 Å². The average Bonchev–Trinajstić information content (AvgIpc) is 2.80. The molecule has 1 atom stereocenters. The van der Waals surface area contributed by atoms with Crippen molar-refractivity contribution >= 4 is 12.0 Å². The first-order chi connectivity index (χ1) is 15.6. The van der Waals surface area contributed by atoms with Crippen LogP contribution < -0.4 is 5.32 Å². The van der Waals surface area contributed by atoms with Crippen molar-refractivity contribution in [2.75, 3.05) is 6.54 Å². The minimum absolute atomic E-state index is 0.0311. The van der Waals surface area contributed by atoms with Crippen LogP contribution in [0.1, 0.15) is 46.0 Å². The number of amides is 1. The average molecular weight is 427 g/mol. The zero-order chi connectivity index (χ0) is 22.3. The van der Waals surface area contributed by atoms with Crippen molar-refractivity contribution in [3.8, 4) is 5.75 Å². The summed E-state index contributed by atoms with van der Waals surface area (Å²) in [4.78, 5) is 15.2. The van der Waals surface area contributed by atoms with Crippen molar-refractivity contribution in [2.24, 2.45) is 0 Å². The Bertz CT molecular complexity index is 1090. The number of carbonyl (C=O) groups excluding carboxylic acids is 1. The number of carbonyl (C=O) groups is 1. The quantitative estimate of drug-likeness (QED) is 0.512. The number of nitrogens with one attached hydrogen (secondary N) is 1. The van der Waals surface area contributed by atoms with Gasteiger partial charge in [0.2, 0.25) is 0 Å². The molecule has 0 fully saturated rings. The number of benzene rings is 3. The summed E-state index contributed by atoms with van der Waals surface area (Å²) in [5.74, 6) is 0.274. The number of nitrogens with zero attached hydrogens (tertiary/aromatic N) is 1. The second kappa shape index (κ2) is 10.3. The molecule has 0 aromatic heterocycles. The molecule has 0 aliphatic carbocycles. The van der Waals surface area contributed by atoms with Gasteiger partial charge in [-0.15, -0.1) is 0 Å². The van der Waals surface area contributed by atoms with Crippen LogP contribution in [-0.2, 0) is 19.5 Å². The van der Waals surface area contributed by atoms with Crippen LogP contribution in [0.5, 0.6) is 5.75 Å². The lowest BCUT2D eigenvalue weighted by Gasteiger charge is -2.35. The first-order valence-corrected chi connectivity index (χ1v) is 11.2. The van der Waals surface area contributed by atoms with E-state index in [9.17, 15) is 9.90 Å². The standard InChI is InChI=1S/C28H30N2O2/c1-21-17-23-14-15-26(31)18-25(23)20-30(21)19-24-12-5-6-13-27(24)28(32)29-16-8-7-11-22-9-3-2-4-10-22/h2-7,9-15,18,21,31H,8,16-17,19-20H2,1H3,(H,29,32)/b11-7+. The van der Waals surface area contributed by atoms with E-state index in [0.29, 0.717) is 24.9 Å². The van der Waals surface area contributed by atoms with Crippen LogP contribution in [0, 0.1) is 0 Å². The minimum Gasteiger partial charge on any atom is -0.508 e. The van der Waals surface area contributed by atoms with E-state index in [1.54, 1.807) is 6.07 Å². The fraction of sp³-hybridized carbons (Fsp3) is 0.250. The molecule has 4 heteroatoms. The highest BCUT2D eigenvalue weighted by molar-refractivity contribution is 5.95. The molecular weight excluding hydrogens is 396 g/mol. The normalized spacial score (nSPS) is 16.1. The molecule has 3 aromatic carbocycles. The Balaban J connectivity index is 1.37. The van der Waals surface area contributed by atoms with Crippen LogP contribution in [0.2, 0.25) is 0 Å². The third-order valence-electron chi connectivity index (χ3n) is 6.04. The Hall–Kier alpha value is -3.37. The van der Waals surface area contributed by atoms with Crippen molar-refractivity contribution in [1.82, 2.24) is 10.2 Å². The number of hydrogen-bond acceptors (Lipinski definition) is 3. The Morgan fingerprint density at radius 3 is 2.69 bits per heavy atom. The number of aromatic hydroxyl groups is 1. The Kier molecular flexibility index (Phi) is 7.03. The van der Waals surface area contributed by atoms with Crippen molar-refractivity contribution in [2.45, 2.75) is 38.9 Å². The van der Waals surface area contributed by atoms with Gasteiger partial charge in [0, 0.05) is 31.2 Å². The van der Waals surface area contributed by atoms with Crippen LogP contribution in [0.25, 0.3) is 6.08 Å². The molecule has 0 radical (unpaired) electrons. The third-order valence-corrected chi connectivity index (χ3v) is 6.04. The van der Waals surface area contributed by atoms with E-state index in [0.717, 1.165) is 41.6 Å². The van der Waals surface area contributed by atoms with Crippen LogP contribution >= 0.6 is 0 Å². The van der Waals surface area contributed by atoms with Crippen LogP contribution in [0.15, 0.2) is 78.9 Å². The first kappa shape index (κ1) is 21.8. The van der Waals surface area contributed by atoms with Crippen molar-refractivity contribution in [3.63, 3.8) is 0 Å². The summed E-state index contributed by atoms with van der Waals surface area (Å²) in [7, 11) is 0. The number of phenolic OH excluding ortho intramolecular Hbond substituents is 1. The molecule has 1 aliphatic heterocycles. The molecule has 4 rings (SSSR count). The lowest BCUT2D eigenvalue weighted by atomic mass is 9.93. The predicted molar refractivity (Wildman–Crippen MR) is 129 cm³/mol. The fourth-order valence-electron chi connectivity index (χ4n) is 4.24. The van der Waals surface area contributed by atoms with Gasteiger partial charge in [0.05, 0.1) is 0 Å². The molecule has 0 saturated heterocycles. The molecule has 0 bridgehead atoms. The van der Waals surface area contributed by atoms with Gasteiger partial charge in [-0.05, 0) is 60.2 Å². The monoisotopic (exact) mass is 426 g/mol. The van der Waals surface area contributed by atoms with Crippen molar-refractivity contribution in [1.29, 1.82) is 0 Å². The van der Waals surface area contributed by atoms with Crippen molar-refractivity contribution in [3.05, 3.63) is 107 Å². The largest absolute Gasteiger partial charge is 0.508 e. The van der Waals surface area contributed by atoms with E-state index in [4.69, 9.17) is 0 Å². The van der Waals surface area contributed by atoms with Gasteiger partial charge in [-0.3, -0.25) is 9.69 Å². The molecule has 4 nitrogen and oxygen atoms in total. The molecule has 3 aromatic rings. The Morgan fingerprint density at radius 1 is 1.06 bits per heavy atom. The molecular formula is C28H30N2O2. The van der Waals surface area contributed by atoms with Gasteiger partial charge in [-0.25, -0.2) is 0 Å². The second-order valence-electron chi connectivity index (χ2n) is 8.43. The highest BCUT2D eigenvalue weighted by atomic mass is 16.3. The fourth-order valence-corrected chi connectivity index (χ4v) is 4.24. The Morgan fingerprint density at radius 2 is 1.84 bits per heavy atom. The Labute approximate surface area is 190 Å². The maximum Gasteiger partial charge on any atom is 0.251 e. The molecule has 1 aliphatic rings. The lowest BCUT2D eigenvalue weighted by molar-refractivity contribution is 0.0950. The van der Waals surface area contributed by atoms with Gasteiger partial charge < -0.3 is 10.4 Å². The van der Waals surface area contributed by atoms with Gasteiger partial charge in [-0.1, -0.05) is 66.7 Å². The summed E-state index contributed by atoms with van der Waals surface area (Å²) in [6.45, 7) is 4.29. The van der Waals surface area contributed by atoms with E-state index in [-0.39, 0.29) is 5.91 Å². The van der Waals surface area contributed by atoms with Crippen LogP contribution in [-0.4, -0.2) is 28.5 Å². The van der Waals surface area contributed by atoms with Crippen molar-refractivity contribution < 1.29 is 9.90 Å². The summed E-state index contributed by atoms with van der Waals surface area (Å²) in [6, 6.07) is 24.0. The summed E-state index contributed by atoms with van der Waals surface area (Å²) in [5.41, 5.74) is 5.37. The second-order valence-corrected chi connectivity index (χ2v) is 8.43. The SMILES string of the molecule is CC1Cc2ccc(O)cc2CN1Cc1ccccc1C(=O)NCC/C=C/c1ccccc1. The molecule has 2 N–H and O–H groups in total. The highest BCUT2D eigenvalue weighted by Crippen LogP contribution is 2.28. The number of rotatable bonds is 7. The van der Waals surface area contributed by atoms with Gasteiger partial charge in [0.15, 0.2) is 0 Å². The van der Waals surface area contributed by atoms with Crippen LogP contribution in [0.4, 0.5) is 0 Å². The molecule has 1 heterocycles. The van der Waals surface area contributed by atoms with Crippen LogP contribution in [0.3, 0.4) is 0 Å². The van der Waals surface area contributed by atoms with Gasteiger partial charge in [-0.2, -0.15) is 0 Å². The maximum atomic E-state index is 12.9. The summed E-state index contributed by atoms with van der Waals surface area (Å²) >= 11 is 0. The molecule has 0 spiro atoms. The summed E-state index contributed by atoms with van der Waals surface area (Å²) < 4.78 is 0. The maximum absolute atomic E-state index is 12.9. The molecule has 1 unspecified atom stereocenters. The van der Waals surface area contributed by atoms with E-state index in [1.807, 2.05) is 54.6 Å². The highest BCUT2D eigenvalue weighted by Gasteiger charge is 2.24.